The molecule has 0 atom stereocenters. The highest BCUT2D eigenvalue weighted by Gasteiger charge is 2.19. The van der Waals surface area contributed by atoms with Crippen LogP contribution >= 0.6 is 35.3 Å². The van der Waals surface area contributed by atoms with Crippen LogP contribution in [0.15, 0.2) is 58.5 Å². The van der Waals surface area contributed by atoms with Crippen LogP contribution < -0.4 is 5.56 Å². The second kappa shape index (κ2) is 8.74. The number of fused-ring (bicyclic) bond motifs is 1. The van der Waals surface area contributed by atoms with E-state index in [1.54, 1.807) is 4.57 Å². The number of aliphatic carboxylic acids is 1. The van der Waals surface area contributed by atoms with Crippen LogP contribution in [0.2, 0.25) is 0 Å². The Kier molecular flexibility index (Phi) is 6.03. The lowest BCUT2D eigenvalue weighted by Crippen LogP contribution is -2.22. The van der Waals surface area contributed by atoms with Crippen molar-refractivity contribution >= 4 is 51.6 Å². The minimum Gasteiger partial charge on any atom is -0.481 e. The Bertz CT molecular complexity index is 1390. The van der Waals surface area contributed by atoms with Crippen molar-refractivity contribution in [2.75, 3.05) is 5.75 Å². The number of carbonyl (C=O) groups is 1. The Morgan fingerprint density at radius 2 is 1.74 bits per heavy atom. The summed E-state index contributed by atoms with van der Waals surface area (Å²) in [7, 11) is 0. The first kappa shape index (κ1) is 21.4. The molecule has 0 radical (unpaired) electrons. The lowest BCUT2D eigenvalue weighted by Gasteiger charge is -2.12. The number of thiazole rings is 1. The zero-order valence-electron chi connectivity index (χ0n) is 16.2. The molecule has 0 aliphatic carbocycles. The molecular weight excluding hydrogens is 457 g/mol. The number of carboxylic acid groups (broad SMARTS) is 1. The smallest absolute Gasteiger partial charge is 0.313 e. The summed E-state index contributed by atoms with van der Waals surface area (Å²) in [5.41, 5.74) is 2.32. The summed E-state index contributed by atoms with van der Waals surface area (Å²) in [6, 6.07) is 13.2. The molecule has 2 aromatic carbocycles. The highest BCUT2D eigenvalue weighted by atomic mass is 32.2. The van der Waals surface area contributed by atoms with E-state index in [0.717, 1.165) is 35.2 Å². The van der Waals surface area contributed by atoms with Gasteiger partial charge in [-0.2, -0.15) is 0 Å². The molecule has 0 saturated heterocycles. The Morgan fingerprint density at radius 1 is 1.13 bits per heavy atom. The van der Waals surface area contributed by atoms with Crippen LogP contribution in [-0.2, 0) is 11.2 Å². The molecular formula is C21H16FN3O3S3. The van der Waals surface area contributed by atoms with Crippen molar-refractivity contribution in [2.24, 2.45) is 0 Å². The third-order valence-corrected chi connectivity index (χ3v) is 6.86. The van der Waals surface area contributed by atoms with Crippen molar-refractivity contribution in [3.8, 4) is 11.4 Å². The average molecular weight is 474 g/mol. The Hall–Kier alpha value is -2.82. The number of aromatic nitrogens is 3. The third-order valence-electron chi connectivity index (χ3n) is 4.59. The molecule has 4 rings (SSSR count). The number of carboxylic acids is 1. The first-order chi connectivity index (χ1) is 14.9. The molecule has 0 aliphatic heterocycles. The van der Waals surface area contributed by atoms with E-state index in [4.69, 9.17) is 17.3 Å². The van der Waals surface area contributed by atoms with E-state index in [1.165, 1.54) is 34.4 Å². The van der Waals surface area contributed by atoms with E-state index in [9.17, 15) is 14.0 Å². The third kappa shape index (κ3) is 4.18. The molecule has 0 amide bonds. The molecule has 1 N–H and O–H groups in total. The highest BCUT2D eigenvalue weighted by Crippen LogP contribution is 2.27. The van der Waals surface area contributed by atoms with Crippen LogP contribution in [0, 0.1) is 9.77 Å². The second-order valence-corrected chi connectivity index (χ2v) is 9.16. The fraction of sp³-hybridized carbons (Fsp3) is 0.143. The number of benzene rings is 2. The zero-order chi connectivity index (χ0) is 22.1. The Balaban J connectivity index is 1.98. The van der Waals surface area contributed by atoms with E-state index in [2.05, 4.69) is 11.9 Å². The monoisotopic (exact) mass is 473 g/mol. The molecule has 2 heterocycles. The second-order valence-electron chi connectivity index (χ2n) is 6.57. The fourth-order valence-electron chi connectivity index (χ4n) is 3.09. The molecule has 4 aromatic rings. The SMILES string of the molecule is CCc1ccc(-n2c(=S)sc3c(=O)n(-c4ccc(F)cc4)c(SCC(=O)O)nc32)cc1. The first-order valence-electron chi connectivity index (χ1n) is 9.27. The van der Waals surface area contributed by atoms with Crippen LogP contribution in [-0.4, -0.2) is 30.9 Å². The predicted molar refractivity (Wildman–Crippen MR) is 123 cm³/mol. The summed E-state index contributed by atoms with van der Waals surface area (Å²) in [6.07, 6.45) is 0.896. The number of nitrogens with zero attached hydrogens (tertiary/aromatic N) is 3. The summed E-state index contributed by atoms with van der Waals surface area (Å²) in [4.78, 5) is 29.2. The van der Waals surface area contributed by atoms with E-state index in [1.807, 2.05) is 24.3 Å². The van der Waals surface area contributed by atoms with E-state index >= 15 is 0 Å². The minimum absolute atomic E-state index is 0.193. The van der Waals surface area contributed by atoms with Gasteiger partial charge in [0, 0.05) is 5.69 Å². The molecule has 0 bridgehead atoms. The van der Waals surface area contributed by atoms with Gasteiger partial charge in [-0.15, -0.1) is 0 Å². The van der Waals surface area contributed by atoms with Crippen LogP contribution in [0.5, 0.6) is 0 Å². The van der Waals surface area contributed by atoms with Crippen molar-refractivity contribution in [2.45, 2.75) is 18.5 Å². The van der Waals surface area contributed by atoms with Crippen LogP contribution in [0.25, 0.3) is 21.7 Å². The Morgan fingerprint density at radius 3 is 2.35 bits per heavy atom. The number of rotatable bonds is 6. The standard InChI is InChI=1S/C21H16FN3O3S3/c1-2-12-3-7-14(8-4-12)24-18-17(31-21(24)29)19(28)25(15-9-5-13(22)6-10-15)20(23-18)30-11-16(26)27/h3-10H,2,11H2,1H3,(H,26,27). The topological polar surface area (TPSA) is 77.1 Å². The molecule has 6 nitrogen and oxygen atoms in total. The minimum atomic E-state index is -1.04. The maximum Gasteiger partial charge on any atom is 0.313 e. The highest BCUT2D eigenvalue weighted by molar-refractivity contribution is 7.99. The molecule has 10 heteroatoms. The fourth-order valence-corrected chi connectivity index (χ4v) is 5.11. The lowest BCUT2D eigenvalue weighted by atomic mass is 10.1. The summed E-state index contributed by atoms with van der Waals surface area (Å²) in [5.74, 6) is -1.76. The number of thioether (sulfide) groups is 1. The van der Waals surface area contributed by atoms with Crippen molar-refractivity contribution in [3.63, 3.8) is 0 Å². The summed E-state index contributed by atoms with van der Waals surface area (Å²) < 4.78 is 17.2. The van der Waals surface area contributed by atoms with Gasteiger partial charge in [-0.05, 0) is 60.6 Å². The van der Waals surface area contributed by atoms with Crippen molar-refractivity contribution in [1.29, 1.82) is 0 Å². The molecule has 0 spiro atoms. The maximum absolute atomic E-state index is 13.4. The van der Waals surface area contributed by atoms with Gasteiger partial charge in [0.2, 0.25) is 0 Å². The molecule has 0 unspecified atom stereocenters. The van der Waals surface area contributed by atoms with Crippen molar-refractivity contribution in [3.05, 3.63) is 74.2 Å². The van der Waals surface area contributed by atoms with Crippen LogP contribution in [0.4, 0.5) is 4.39 Å². The van der Waals surface area contributed by atoms with Gasteiger partial charge in [0.1, 0.15) is 10.5 Å². The van der Waals surface area contributed by atoms with Crippen molar-refractivity contribution < 1.29 is 14.3 Å². The largest absolute Gasteiger partial charge is 0.481 e. The predicted octanol–water partition coefficient (Wildman–Crippen LogP) is 4.85. The van der Waals surface area contributed by atoms with Gasteiger partial charge in [-0.3, -0.25) is 18.7 Å². The molecule has 0 saturated carbocycles. The van der Waals surface area contributed by atoms with Crippen LogP contribution in [0.3, 0.4) is 0 Å². The van der Waals surface area contributed by atoms with E-state index < -0.39 is 11.8 Å². The number of hydrogen-bond acceptors (Lipinski definition) is 6. The summed E-state index contributed by atoms with van der Waals surface area (Å²) in [5, 5.41) is 9.33. The van der Waals surface area contributed by atoms with E-state index in [-0.39, 0.29) is 16.5 Å². The maximum atomic E-state index is 13.4. The summed E-state index contributed by atoms with van der Waals surface area (Å²) in [6.45, 7) is 2.06. The van der Waals surface area contributed by atoms with E-state index in [0.29, 0.717) is 20.0 Å². The van der Waals surface area contributed by atoms with Crippen molar-refractivity contribution in [1.82, 2.24) is 14.1 Å². The normalized spacial score (nSPS) is 11.2. The van der Waals surface area contributed by atoms with Gasteiger partial charge in [-0.25, -0.2) is 9.37 Å². The summed E-state index contributed by atoms with van der Waals surface area (Å²) >= 11 is 7.58. The van der Waals surface area contributed by atoms with Gasteiger partial charge in [0.15, 0.2) is 14.8 Å². The molecule has 0 fully saturated rings. The molecule has 0 aliphatic rings. The van der Waals surface area contributed by atoms with Crippen LogP contribution in [0.1, 0.15) is 12.5 Å². The molecule has 158 valence electrons. The van der Waals surface area contributed by atoms with Gasteiger partial charge in [0.05, 0.1) is 11.4 Å². The molecule has 2 aromatic heterocycles. The first-order valence-corrected chi connectivity index (χ1v) is 11.5. The van der Waals surface area contributed by atoms with Gasteiger partial charge >= 0.3 is 5.97 Å². The Labute approximate surface area is 189 Å². The van der Waals surface area contributed by atoms with Gasteiger partial charge in [-0.1, -0.05) is 42.2 Å². The zero-order valence-corrected chi connectivity index (χ0v) is 18.7. The number of halogens is 1. The van der Waals surface area contributed by atoms with Gasteiger partial charge < -0.3 is 5.11 Å². The number of aryl methyl sites for hydroxylation is 1. The van der Waals surface area contributed by atoms with Gasteiger partial charge in [0.25, 0.3) is 5.56 Å². The number of hydrogen-bond donors (Lipinski definition) is 1. The average Bonchev–Trinajstić information content (AvgIpc) is 3.09. The lowest BCUT2D eigenvalue weighted by molar-refractivity contribution is -0.133. The quantitative estimate of drug-likeness (QED) is 0.245. The molecule has 31 heavy (non-hydrogen) atoms.